The smallest absolute Gasteiger partial charge is 0.306 e. The van der Waals surface area contributed by atoms with E-state index < -0.39 is 23.1 Å². The van der Waals surface area contributed by atoms with Gasteiger partial charge in [0.15, 0.2) is 0 Å². The third-order valence-corrected chi connectivity index (χ3v) is 19.0. The van der Waals surface area contributed by atoms with Gasteiger partial charge in [0.1, 0.15) is 65.5 Å². The Labute approximate surface area is 635 Å². The third-order valence-electron chi connectivity index (χ3n) is 19.0. The molecule has 2 N–H and O–H groups in total. The molecule has 0 aliphatic heterocycles. The maximum atomic E-state index is 11.8. The van der Waals surface area contributed by atoms with E-state index in [1.165, 1.54) is 19.6 Å². The van der Waals surface area contributed by atoms with Crippen LogP contribution in [0.15, 0.2) is 303 Å². The van der Waals surface area contributed by atoms with Crippen molar-refractivity contribution in [2.45, 2.75) is 84.5 Å². The van der Waals surface area contributed by atoms with Crippen LogP contribution in [0, 0.1) is 0 Å². The average molecular weight is 1450 g/mol. The van der Waals surface area contributed by atoms with Crippen LogP contribution in [0.2, 0.25) is 0 Å². The van der Waals surface area contributed by atoms with Crippen LogP contribution in [0.25, 0.3) is 22.3 Å². The number of rotatable bonds is 33. The van der Waals surface area contributed by atoms with Gasteiger partial charge >= 0.3 is 5.97 Å². The lowest BCUT2D eigenvalue weighted by Gasteiger charge is -2.36. The number of hydrogen-bond acceptors (Lipinski definition) is 13. The topological polar surface area (TPSA) is 165 Å². The van der Waals surface area contributed by atoms with Crippen LogP contribution in [0.3, 0.4) is 0 Å². The number of carbonyl (C=O) groups is 2. The summed E-state index contributed by atoms with van der Waals surface area (Å²) in [6.07, 6.45) is -0.578. The number of esters is 1. The SMILES string of the molecule is CC[NH+](CC)CC.COc1ccc(C(OCc2ccc(-c3ccc(OCc4cccc(CO)c4)cc3)cc2)(c2ccccc2)c2ccc(OC)cc2)cc1.COc1ccc(C(OCc2ccc(-c3ccc(OCc4cccc(COC(=O)CCC(=O)[O-])c4)cc3)cc2)(c2ccccc2)c2ccc(OC)cc2)cc1. The molecule has 0 aliphatic carbocycles. The molecule has 0 unspecified atom stereocenters. The van der Waals surface area contributed by atoms with Gasteiger partial charge in [0.2, 0.25) is 0 Å². The van der Waals surface area contributed by atoms with E-state index in [1.807, 2.05) is 170 Å². The maximum absolute atomic E-state index is 11.8. The second-order valence-electron chi connectivity index (χ2n) is 25.7. The molecule has 0 spiro atoms. The monoisotopic (exact) mass is 1450 g/mol. The van der Waals surface area contributed by atoms with Gasteiger partial charge in [0, 0.05) is 5.97 Å². The van der Waals surface area contributed by atoms with Gasteiger partial charge in [-0.15, -0.1) is 0 Å². The zero-order chi connectivity index (χ0) is 75.9. The number of carbonyl (C=O) groups excluding carboxylic acids is 2. The largest absolute Gasteiger partial charge is 0.550 e. The molecule has 0 radical (unpaired) electrons. The molecule has 12 rings (SSSR count). The number of carboxylic acid groups (broad SMARTS) is 1. The summed E-state index contributed by atoms with van der Waals surface area (Å²) in [5.41, 5.74) is 14.2. The summed E-state index contributed by atoms with van der Waals surface area (Å²) in [6, 6.07) is 101. The van der Waals surface area contributed by atoms with Crippen LogP contribution < -0.4 is 38.4 Å². The van der Waals surface area contributed by atoms with Crippen molar-refractivity contribution in [1.82, 2.24) is 0 Å². The molecule has 0 saturated heterocycles. The van der Waals surface area contributed by atoms with Crippen molar-refractivity contribution in [2.75, 3.05) is 48.1 Å². The van der Waals surface area contributed by atoms with E-state index in [9.17, 15) is 19.8 Å². The van der Waals surface area contributed by atoms with E-state index in [0.717, 1.165) is 124 Å². The molecule has 0 aromatic heterocycles. The summed E-state index contributed by atoms with van der Waals surface area (Å²) < 4.78 is 53.2. The molecule has 0 heterocycles. The van der Waals surface area contributed by atoms with Crippen molar-refractivity contribution in [3.8, 4) is 56.8 Å². The minimum Gasteiger partial charge on any atom is -0.550 e. The van der Waals surface area contributed by atoms with Crippen molar-refractivity contribution < 1.29 is 67.3 Å². The maximum Gasteiger partial charge on any atom is 0.306 e. The Morgan fingerprint density at radius 2 is 0.620 bits per heavy atom. The summed E-state index contributed by atoms with van der Waals surface area (Å²) in [5, 5.41) is 20.0. The van der Waals surface area contributed by atoms with Gasteiger partial charge in [0.05, 0.1) is 74.3 Å². The lowest BCUT2D eigenvalue weighted by molar-refractivity contribution is -0.894. The van der Waals surface area contributed by atoms with Crippen molar-refractivity contribution >= 4 is 11.9 Å². The van der Waals surface area contributed by atoms with Gasteiger partial charge in [-0.05, 0) is 195 Å². The minimum absolute atomic E-state index is 0.0205. The highest BCUT2D eigenvalue weighted by Gasteiger charge is 2.39. The first-order chi connectivity index (χ1) is 52.8. The number of aliphatic hydroxyl groups excluding tert-OH is 1. The third kappa shape index (κ3) is 21.3. The van der Waals surface area contributed by atoms with Crippen molar-refractivity contribution in [3.63, 3.8) is 0 Å². The van der Waals surface area contributed by atoms with Crippen molar-refractivity contribution in [3.05, 3.63) is 370 Å². The predicted octanol–water partition coefficient (Wildman–Crippen LogP) is 16.9. The number of hydrogen-bond donors (Lipinski definition) is 2. The summed E-state index contributed by atoms with van der Waals surface area (Å²) in [4.78, 5) is 24.0. The van der Waals surface area contributed by atoms with E-state index in [2.05, 4.69) is 154 Å². The zero-order valence-electron chi connectivity index (χ0n) is 62.5. The van der Waals surface area contributed by atoms with Gasteiger partial charge in [-0.1, -0.05) is 224 Å². The second kappa shape index (κ2) is 40.1. The molecule has 0 aliphatic rings. The summed E-state index contributed by atoms with van der Waals surface area (Å²) in [6.45, 7) is 12.1. The summed E-state index contributed by atoms with van der Waals surface area (Å²) >= 11 is 0. The summed E-state index contributed by atoms with van der Waals surface area (Å²) in [5.74, 6) is 2.76. The zero-order valence-corrected chi connectivity index (χ0v) is 62.5. The molecule has 0 amide bonds. The Kier molecular flexibility index (Phi) is 29.2. The first-order valence-corrected chi connectivity index (χ1v) is 36.4. The lowest BCUT2D eigenvalue weighted by Crippen LogP contribution is -3.11. The van der Waals surface area contributed by atoms with Gasteiger partial charge in [0.25, 0.3) is 0 Å². The Morgan fingerprint density at radius 3 is 0.926 bits per heavy atom. The molecule has 0 fully saturated rings. The van der Waals surface area contributed by atoms with E-state index in [1.54, 1.807) is 33.3 Å². The molecular weight excluding hydrogens is 1350 g/mol. The fourth-order valence-corrected chi connectivity index (χ4v) is 12.8. The lowest BCUT2D eigenvalue weighted by atomic mass is 9.80. The van der Waals surface area contributed by atoms with E-state index in [4.69, 9.17) is 42.6 Å². The van der Waals surface area contributed by atoms with E-state index >= 15 is 0 Å². The Morgan fingerprint density at radius 1 is 0.324 bits per heavy atom. The molecule has 0 bridgehead atoms. The fraction of sp³-hybridized carbons (Fsp3) is 0.213. The van der Waals surface area contributed by atoms with Gasteiger partial charge in [-0.25, -0.2) is 0 Å². The minimum atomic E-state index is -1.28. The molecular formula is C94H95NO13. The molecule has 12 aromatic carbocycles. The molecule has 12 aromatic rings. The highest BCUT2D eigenvalue weighted by atomic mass is 16.5. The van der Waals surface area contributed by atoms with Crippen LogP contribution in [0.4, 0.5) is 0 Å². The molecule has 554 valence electrons. The first kappa shape index (κ1) is 78.8. The molecule has 14 heteroatoms. The van der Waals surface area contributed by atoms with Crippen LogP contribution in [-0.2, 0) is 74.6 Å². The highest BCUT2D eigenvalue weighted by molar-refractivity contribution is 5.75. The second-order valence-corrected chi connectivity index (χ2v) is 25.7. The van der Waals surface area contributed by atoms with Crippen LogP contribution in [-0.4, -0.2) is 65.1 Å². The number of benzene rings is 12. The van der Waals surface area contributed by atoms with Gasteiger partial charge in [-0.2, -0.15) is 0 Å². The van der Waals surface area contributed by atoms with E-state index in [0.29, 0.717) is 26.4 Å². The number of nitrogens with one attached hydrogen (secondary N) is 1. The Balaban J connectivity index is 0.000000213. The first-order valence-electron chi connectivity index (χ1n) is 36.4. The number of carboxylic acids is 1. The quantitative estimate of drug-likeness (QED) is 0.0295. The Hall–Kier alpha value is -11.8. The average Bonchev–Trinajstić information content (AvgIpc) is 0.758. The Bertz CT molecular complexity index is 4570. The number of aliphatic hydroxyl groups is 1. The predicted molar refractivity (Wildman–Crippen MR) is 422 cm³/mol. The summed E-state index contributed by atoms with van der Waals surface area (Å²) in [7, 11) is 6.66. The van der Waals surface area contributed by atoms with Crippen molar-refractivity contribution in [1.29, 1.82) is 0 Å². The number of quaternary nitrogens is 1. The highest BCUT2D eigenvalue weighted by Crippen LogP contribution is 2.45. The van der Waals surface area contributed by atoms with E-state index in [-0.39, 0.29) is 26.1 Å². The standard InChI is InChI=1S/C46H42O8.C42H38O5.C6H15N/c1-50-41-23-17-39(18-24-41)46(38-9-4-3-5-10-38,40-19-25-42(51-2)26-20-40)54-32-33-11-13-36(14-12-33)37-15-21-43(22-16-37)52-30-34-7-6-8-35(29-34)31-53-45(49)28-27-44(47)48;1-44-39-23-17-37(18-24-39)42(36-9-4-3-5-10-36,38-19-25-40(45-2)26-20-38)47-30-31-11-13-34(14-12-31)35-15-21-41(22-16-35)46-29-33-8-6-7-32(27-33)28-43;1-4-7(5-2)6-3/h3-26,29H,27-28,30-32H2,1-2H3,(H,47,48);3-27,43H,28-30H2,1-2H3;4-6H2,1-3H3. The van der Waals surface area contributed by atoms with Crippen LogP contribution in [0.5, 0.6) is 34.5 Å². The van der Waals surface area contributed by atoms with Gasteiger partial charge < -0.3 is 62.5 Å². The molecule has 108 heavy (non-hydrogen) atoms. The van der Waals surface area contributed by atoms with Crippen molar-refractivity contribution in [2.24, 2.45) is 0 Å². The molecule has 0 saturated carbocycles. The number of aliphatic carboxylic acids is 1. The van der Waals surface area contributed by atoms with Gasteiger partial charge in [-0.3, -0.25) is 4.79 Å². The van der Waals surface area contributed by atoms with Crippen LogP contribution in [0.1, 0.15) is 100 Å². The molecule has 0 atom stereocenters. The molecule has 14 nitrogen and oxygen atoms in total. The number of ether oxygens (including phenoxy) is 9. The van der Waals surface area contributed by atoms with Crippen LogP contribution >= 0.6 is 0 Å². The number of methoxy groups -OCH3 is 4. The fourth-order valence-electron chi connectivity index (χ4n) is 12.8. The normalized spacial score (nSPS) is 11.1.